The third-order valence-electron chi connectivity index (χ3n) is 5.78. The van der Waals surface area contributed by atoms with Crippen LogP contribution in [0.1, 0.15) is 52.5 Å². The predicted octanol–water partition coefficient (Wildman–Crippen LogP) is 3.78. The molecule has 0 aliphatic carbocycles. The smallest absolute Gasteiger partial charge is 0.335 e. The van der Waals surface area contributed by atoms with E-state index in [-0.39, 0.29) is 18.0 Å². The van der Waals surface area contributed by atoms with E-state index in [9.17, 15) is 9.59 Å². The Morgan fingerprint density at radius 3 is 2.41 bits per heavy atom. The SMILES string of the molecule is C[C@@H]1CC[C@H](CCc2ccc(C(=O)O)cc2)N1C(=O)c1ccc2c(c1)OCCO2. The Bertz CT molecular complexity index is 908. The van der Waals surface area contributed by atoms with Crippen molar-refractivity contribution in [2.75, 3.05) is 13.2 Å². The number of benzene rings is 2. The molecule has 6 nitrogen and oxygen atoms in total. The molecular weight excluding hydrogens is 370 g/mol. The molecule has 0 saturated carbocycles. The summed E-state index contributed by atoms with van der Waals surface area (Å²) in [5.41, 5.74) is 2.00. The Hall–Kier alpha value is -3.02. The van der Waals surface area contributed by atoms with E-state index in [1.54, 1.807) is 18.2 Å². The minimum atomic E-state index is -0.919. The van der Waals surface area contributed by atoms with Gasteiger partial charge in [-0.15, -0.1) is 0 Å². The maximum absolute atomic E-state index is 13.2. The van der Waals surface area contributed by atoms with Crippen molar-refractivity contribution in [3.05, 3.63) is 59.2 Å². The first-order chi connectivity index (χ1) is 14.0. The molecule has 2 aromatic rings. The number of aromatic carboxylic acids is 1. The molecule has 2 aliphatic rings. The minimum absolute atomic E-state index is 0.0261. The lowest BCUT2D eigenvalue weighted by atomic mass is 10.0. The zero-order valence-corrected chi connectivity index (χ0v) is 16.5. The van der Waals surface area contributed by atoms with Gasteiger partial charge >= 0.3 is 5.97 Å². The predicted molar refractivity (Wildman–Crippen MR) is 108 cm³/mol. The highest BCUT2D eigenvalue weighted by Crippen LogP contribution is 2.34. The summed E-state index contributed by atoms with van der Waals surface area (Å²) in [4.78, 5) is 26.2. The summed E-state index contributed by atoms with van der Waals surface area (Å²) < 4.78 is 11.2. The van der Waals surface area contributed by atoms with E-state index in [4.69, 9.17) is 14.6 Å². The number of aryl methyl sites for hydroxylation is 1. The minimum Gasteiger partial charge on any atom is -0.486 e. The summed E-state index contributed by atoms with van der Waals surface area (Å²) in [7, 11) is 0. The quantitative estimate of drug-likeness (QED) is 0.834. The van der Waals surface area contributed by atoms with Crippen LogP contribution < -0.4 is 9.47 Å². The van der Waals surface area contributed by atoms with Crippen LogP contribution in [0.2, 0.25) is 0 Å². The molecule has 0 bridgehead atoms. The van der Waals surface area contributed by atoms with Gasteiger partial charge in [0, 0.05) is 17.6 Å². The molecule has 1 fully saturated rings. The molecule has 0 radical (unpaired) electrons. The third kappa shape index (κ3) is 4.06. The number of hydrogen-bond acceptors (Lipinski definition) is 4. The molecule has 1 amide bonds. The molecule has 1 saturated heterocycles. The Balaban J connectivity index is 1.45. The van der Waals surface area contributed by atoms with E-state index in [2.05, 4.69) is 6.92 Å². The fourth-order valence-electron chi connectivity index (χ4n) is 4.19. The highest BCUT2D eigenvalue weighted by Gasteiger charge is 2.34. The van der Waals surface area contributed by atoms with Crippen LogP contribution in [0.25, 0.3) is 0 Å². The molecule has 2 aliphatic heterocycles. The number of amides is 1. The molecule has 2 atom stereocenters. The lowest BCUT2D eigenvalue weighted by Crippen LogP contribution is -2.40. The molecule has 0 unspecified atom stereocenters. The Labute approximate surface area is 170 Å². The van der Waals surface area contributed by atoms with Gasteiger partial charge in [0.2, 0.25) is 0 Å². The van der Waals surface area contributed by atoms with Crippen LogP contribution >= 0.6 is 0 Å². The van der Waals surface area contributed by atoms with Gasteiger partial charge in [-0.1, -0.05) is 12.1 Å². The second kappa shape index (κ2) is 8.15. The van der Waals surface area contributed by atoms with Crippen molar-refractivity contribution in [1.82, 2.24) is 4.90 Å². The second-order valence-corrected chi connectivity index (χ2v) is 7.69. The summed E-state index contributed by atoms with van der Waals surface area (Å²) in [5.74, 6) is 0.420. The van der Waals surface area contributed by atoms with Gasteiger partial charge < -0.3 is 19.5 Å². The van der Waals surface area contributed by atoms with E-state index < -0.39 is 5.97 Å². The summed E-state index contributed by atoms with van der Waals surface area (Å²) >= 11 is 0. The summed E-state index contributed by atoms with van der Waals surface area (Å²) in [5, 5.41) is 9.02. The van der Waals surface area contributed by atoms with Crippen LogP contribution in [-0.4, -0.2) is 47.2 Å². The number of carboxylic acid groups (broad SMARTS) is 1. The zero-order valence-electron chi connectivity index (χ0n) is 16.5. The van der Waals surface area contributed by atoms with Crippen molar-refractivity contribution in [1.29, 1.82) is 0 Å². The Morgan fingerprint density at radius 1 is 1.00 bits per heavy atom. The molecule has 29 heavy (non-hydrogen) atoms. The Kier molecular flexibility index (Phi) is 5.43. The number of likely N-dealkylation sites (tertiary alicyclic amines) is 1. The van der Waals surface area contributed by atoms with E-state index >= 15 is 0 Å². The van der Waals surface area contributed by atoms with Crippen LogP contribution in [0, 0.1) is 0 Å². The number of rotatable bonds is 5. The van der Waals surface area contributed by atoms with Crippen LogP contribution in [0.3, 0.4) is 0 Å². The number of hydrogen-bond donors (Lipinski definition) is 1. The summed E-state index contributed by atoms with van der Waals surface area (Å²) in [6.45, 7) is 3.12. The first kappa shape index (κ1) is 19.3. The van der Waals surface area contributed by atoms with E-state index in [1.165, 1.54) is 0 Å². The van der Waals surface area contributed by atoms with Gasteiger partial charge in [-0.3, -0.25) is 4.79 Å². The van der Waals surface area contributed by atoms with Crippen LogP contribution in [0.4, 0.5) is 0 Å². The van der Waals surface area contributed by atoms with Gasteiger partial charge in [-0.25, -0.2) is 4.79 Å². The molecule has 152 valence electrons. The summed E-state index contributed by atoms with van der Waals surface area (Å²) in [6, 6.07) is 12.7. The van der Waals surface area contributed by atoms with Crippen LogP contribution in [0.15, 0.2) is 42.5 Å². The molecule has 2 heterocycles. The van der Waals surface area contributed by atoms with E-state index in [1.807, 2.05) is 29.2 Å². The van der Waals surface area contributed by atoms with Gasteiger partial charge in [-0.2, -0.15) is 0 Å². The summed E-state index contributed by atoms with van der Waals surface area (Å²) in [6.07, 6.45) is 3.62. The molecule has 1 N–H and O–H groups in total. The van der Waals surface area contributed by atoms with Crippen molar-refractivity contribution < 1.29 is 24.2 Å². The highest BCUT2D eigenvalue weighted by atomic mass is 16.6. The number of carbonyl (C=O) groups is 2. The maximum atomic E-state index is 13.2. The highest BCUT2D eigenvalue weighted by molar-refractivity contribution is 5.95. The average molecular weight is 395 g/mol. The largest absolute Gasteiger partial charge is 0.486 e. The molecule has 0 spiro atoms. The van der Waals surface area contributed by atoms with Crippen LogP contribution in [0.5, 0.6) is 11.5 Å². The van der Waals surface area contributed by atoms with Crippen LogP contribution in [-0.2, 0) is 6.42 Å². The average Bonchev–Trinajstić information content (AvgIpc) is 3.12. The van der Waals surface area contributed by atoms with Gasteiger partial charge in [0.1, 0.15) is 13.2 Å². The van der Waals surface area contributed by atoms with Crippen molar-refractivity contribution in [2.45, 2.75) is 44.7 Å². The number of nitrogens with zero attached hydrogens (tertiary/aromatic N) is 1. The van der Waals surface area contributed by atoms with E-state index in [0.717, 1.165) is 31.2 Å². The maximum Gasteiger partial charge on any atom is 0.335 e. The topological polar surface area (TPSA) is 76.1 Å². The molecule has 2 aromatic carbocycles. The van der Waals surface area contributed by atoms with Gasteiger partial charge in [0.15, 0.2) is 11.5 Å². The number of carbonyl (C=O) groups excluding carboxylic acids is 1. The molecule has 0 aromatic heterocycles. The molecule has 6 heteroatoms. The normalized spacial score (nSPS) is 20.5. The van der Waals surface area contributed by atoms with Crippen molar-refractivity contribution in [2.24, 2.45) is 0 Å². The first-order valence-corrected chi connectivity index (χ1v) is 10.1. The first-order valence-electron chi connectivity index (χ1n) is 10.1. The molecular formula is C23H25NO5. The van der Waals surface area contributed by atoms with Crippen molar-refractivity contribution in [3.63, 3.8) is 0 Å². The van der Waals surface area contributed by atoms with E-state index in [0.29, 0.717) is 35.8 Å². The molecule has 4 rings (SSSR count). The third-order valence-corrected chi connectivity index (χ3v) is 5.78. The number of fused-ring (bicyclic) bond motifs is 1. The van der Waals surface area contributed by atoms with Gasteiger partial charge in [-0.05, 0) is 68.5 Å². The Morgan fingerprint density at radius 2 is 1.69 bits per heavy atom. The fourth-order valence-corrected chi connectivity index (χ4v) is 4.19. The lowest BCUT2D eigenvalue weighted by molar-refractivity contribution is 0.0668. The fraction of sp³-hybridized carbons (Fsp3) is 0.391. The van der Waals surface area contributed by atoms with Gasteiger partial charge in [0.05, 0.1) is 5.56 Å². The number of ether oxygens (including phenoxy) is 2. The van der Waals surface area contributed by atoms with Crippen molar-refractivity contribution in [3.8, 4) is 11.5 Å². The monoisotopic (exact) mass is 395 g/mol. The standard InChI is InChI=1S/C23H25NO5/c1-15-2-9-19(10-5-16-3-6-17(7-4-16)23(26)27)24(15)22(25)18-8-11-20-21(14-18)29-13-12-28-20/h3-4,6-8,11,14-15,19H,2,5,9-10,12-13H2,1H3,(H,26,27)/t15-,19-/m1/s1. The number of carboxylic acids is 1. The lowest BCUT2D eigenvalue weighted by Gasteiger charge is -2.29. The van der Waals surface area contributed by atoms with Gasteiger partial charge in [0.25, 0.3) is 5.91 Å². The zero-order chi connectivity index (χ0) is 20.4. The van der Waals surface area contributed by atoms with Crippen molar-refractivity contribution >= 4 is 11.9 Å². The second-order valence-electron chi connectivity index (χ2n) is 7.69.